The van der Waals surface area contributed by atoms with E-state index in [1.807, 2.05) is 12.1 Å². The molecule has 0 aliphatic carbocycles. The van der Waals surface area contributed by atoms with Gasteiger partial charge in [0.15, 0.2) is 0 Å². The lowest BCUT2D eigenvalue weighted by Gasteiger charge is -2.22. The van der Waals surface area contributed by atoms with Crippen molar-refractivity contribution in [2.45, 2.75) is 12.8 Å². The van der Waals surface area contributed by atoms with Gasteiger partial charge in [-0.2, -0.15) is 5.26 Å². The number of carbonyl (C=O) groups is 2. The number of benzene rings is 1. The Balaban J connectivity index is 1.64. The Kier molecular flexibility index (Phi) is 5.28. The number of rotatable bonds is 5. The fourth-order valence-electron chi connectivity index (χ4n) is 3.18. The molecule has 1 saturated heterocycles. The highest BCUT2D eigenvalue weighted by Crippen LogP contribution is 2.28. The second kappa shape index (κ2) is 7.79. The molecule has 132 valence electrons. The molecule has 1 aliphatic heterocycles. The number of hydrogen-bond donors (Lipinski definition) is 0. The number of amides is 2. The SMILES string of the molecule is CN(CCc1ccncc1)C(=O)C1CC(=O)N(c2ccccc2C#N)C1. The Morgan fingerprint density at radius 2 is 2.04 bits per heavy atom. The summed E-state index contributed by atoms with van der Waals surface area (Å²) in [6.07, 6.45) is 4.39. The minimum atomic E-state index is -0.378. The quantitative estimate of drug-likeness (QED) is 0.828. The maximum Gasteiger partial charge on any atom is 0.227 e. The van der Waals surface area contributed by atoms with E-state index in [1.165, 1.54) is 0 Å². The molecule has 0 radical (unpaired) electrons. The van der Waals surface area contributed by atoms with Gasteiger partial charge in [0.25, 0.3) is 0 Å². The van der Waals surface area contributed by atoms with Gasteiger partial charge < -0.3 is 9.80 Å². The first-order valence-corrected chi connectivity index (χ1v) is 8.53. The largest absolute Gasteiger partial charge is 0.345 e. The van der Waals surface area contributed by atoms with E-state index in [0.717, 1.165) is 12.0 Å². The Morgan fingerprint density at radius 1 is 1.31 bits per heavy atom. The molecule has 2 aromatic rings. The molecule has 1 fully saturated rings. The summed E-state index contributed by atoms with van der Waals surface area (Å²) < 4.78 is 0. The Bertz CT molecular complexity index is 844. The van der Waals surface area contributed by atoms with Crippen LogP contribution >= 0.6 is 0 Å². The topological polar surface area (TPSA) is 77.3 Å². The summed E-state index contributed by atoms with van der Waals surface area (Å²) in [6, 6.07) is 12.9. The zero-order chi connectivity index (χ0) is 18.5. The Hall–Kier alpha value is -3.20. The van der Waals surface area contributed by atoms with Crippen molar-refractivity contribution in [3.8, 4) is 6.07 Å². The number of hydrogen-bond acceptors (Lipinski definition) is 4. The molecule has 0 bridgehead atoms. The van der Waals surface area contributed by atoms with Gasteiger partial charge in [0, 0.05) is 39.0 Å². The highest BCUT2D eigenvalue weighted by molar-refractivity contribution is 6.01. The predicted molar refractivity (Wildman–Crippen MR) is 97.2 cm³/mol. The van der Waals surface area contributed by atoms with Crippen molar-refractivity contribution in [1.29, 1.82) is 5.26 Å². The van der Waals surface area contributed by atoms with Crippen LogP contribution < -0.4 is 4.90 Å². The van der Waals surface area contributed by atoms with Gasteiger partial charge in [-0.15, -0.1) is 0 Å². The summed E-state index contributed by atoms with van der Waals surface area (Å²) in [5, 5.41) is 9.24. The lowest BCUT2D eigenvalue weighted by atomic mass is 10.1. The number of nitrogens with zero attached hydrogens (tertiary/aromatic N) is 4. The van der Waals surface area contributed by atoms with Crippen LogP contribution in [-0.2, 0) is 16.0 Å². The van der Waals surface area contributed by atoms with Crippen LogP contribution in [0.3, 0.4) is 0 Å². The second-order valence-electron chi connectivity index (χ2n) is 6.40. The average Bonchev–Trinajstić information content (AvgIpc) is 3.07. The minimum Gasteiger partial charge on any atom is -0.345 e. The van der Waals surface area contributed by atoms with E-state index in [-0.39, 0.29) is 24.2 Å². The number of carbonyl (C=O) groups excluding carboxylic acids is 2. The summed E-state index contributed by atoms with van der Waals surface area (Å²) in [5.74, 6) is -0.533. The van der Waals surface area contributed by atoms with Crippen molar-refractivity contribution in [2.75, 3.05) is 25.0 Å². The van der Waals surface area contributed by atoms with Gasteiger partial charge in [-0.25, -0.2) is 0 Å². The first-order chi connectivity index (χ1) is 12.6. The molecule has 2 heterocycles. The first-order valence-electron chi connectivity index (χ1n) is 8.53. The monoisotopic (exact) mass is 348 g/mol. The molecule has 26 heavy (non-hydrogen) atoms. The van der Waals surface area contributed by atoms with Crippen molar-refractivity contribution in [2.24, 2.45) is 5.92 Å². The molecule has 1 aromatic heterocycles. The predicted octanol–water partition coefficient (Wildman–Crippen LogP) is 2.01. The van der Waals surface area contributed by atoms with Crippen molar-refractivity contribution < 1.29 is 9.59 Å². The maximum absolute atomic E-state index is 12.7. The molecule has 0 N–H and O–H groups in total. The van der Waals surface area contributed by atoms with Gasteiger partial charge in [0.1, 0.15) is 6.07 Å². The third kappa shape index (κ3) is 3.72. The van der Waals surface area contributed by atoms with E-state index in [9.17, 15) is 14.9 Å². The molecule has 1 unspecified atom stereocenters. The zero-order valence-electron chi connectivity index (χ0n) is 14.6. The molecule has 1 aromatic carbocycles. The Labute approximate surface area is 152 Å². The van der Waals surface area contributed by atoms with Crippen molar-refractivity contribution >= 4 is 17.5 Å². The third-order valence-corrected chi connectivity index (χ3v) is 4.65. The molecule has 2 amide bonds. The van der Waals surface area contributed by atoms with E-state index in [1.54, 1.807) is 53.5 Å². The molecule has 6 nitrogen and oxygen atoms in total. The van der Waals surface area contributed by atoms with E-state index >= 15 is 0 Å². The highest BCUT2D eigenvalue weighted by Gasteiger charge is 2.37. The number of nitriles is 1. The second-order valence-corrected chi connectivity index (χ2v) is 6.40. The lowest BCUT2D eigenvalue weighted by molar-refractivity contribution is -0.134. The fraction of sp³-hybridized carbons (Fsp3) is 0.300. The summed E-state index contributed by atoms with van der Waals surface area (Å²) in [5.41, 5.74) is 2.14. The van der Waals surface area contributed by atoms with Gasteiger partial charge in [0.2, 0.25) is 11.8 Å². The molecular weight excluding hydrogens is 328 g/mol. The van der Waals surface area contributed by atoms with Gasteiger partial charge >= 0.3 is 0 Å². The van der Waals surface area contributed by atoms with Crippen LogP contribution in [0.5, 0.6) is 0 Å². The summed E-state index contributed by atoms with van der Waals surface area (Å²) >= 11 is 0. The lowest BCUT2D eigenvalue weighted by Crippen LogP contribution is -2.36. The molecule has 1 aliphatic rings. The van der Waals surface area contributed by atoms with Crippen LogP contribution in [0.2, 0.25) is 0 Å². The standard InChI is InChI=1S/C20H20N4O2/c1-23(11-8-15-6-9-22-10-7-15)20(26)17-12-19(25)24(14-17)18-5-3-2-4-16(18)13-21/h2-7,9-10,17H,8,11-12,14H2,1H3. The summed E-state index contributed by atoms with van der Waals surface area (Å²) in [6.45, 7) is 0.901. The van der Waals surface area contributed by atoms with E-state index < -0.39 is 0 Å². The van der Waals surface area contributed by atoms with Crippen molar-refractivity contribution in [1.82, 2.24) is 9.88 Å². The normalized spacial score (nSPS) is 16.4. The number of pyridine rings is 1. The third-order valence-electron chi connectivity index (χ3n) is 4.65. The first kappa shape index (κ1) is 17.6. The van der Waals surface area contributed by atoms with E-state index in [0.29, 0.717) is 24.3 Å². The van der Waals surface area contributed by atoms with Gasteiger partial charge in [-0.05, 0) is 36.2 Å². The van der Waals surface area contributed by atoms with E-state index in [2.05, 4.69) is 11.1 Å². The Morgan fingerprint density at radius 3 is 2.77 bits per heavy atom. The van der Waals surface area contributed by atoms with Crippen LogP contribution in [-0.4, -0.2) is 41.8 Å². The van der Waals surface area contributed by atoms with Crippen LogP contribution in [0.1, 0.15) is 17.5 Å². The molecule has 0 spiro atoms. The smallest absolute Gasteiger partial charge is 0.227 e. The van der Waals surface area contributed by atoms with Crippen LogP contribution in [0.15, 0.2) is 48.8 Å². The fourth-order valence-corrected chi connectivity index (χ4v) is 3.18. The van der Waals surface area contributed by atoms with Gasteiger partial charge in [-0.3, -0.25) is 14.6 Å². The van der Waals surface area contributed by atoms with Gasteiger partial charge in [0.05, 0.1) is 17.2 Å². The molecule has 3 rings (SSSR count). The zero-order valence-corrected chi connectivity index (χ0v) is 14.6. The van der Waals surface area contributed by atoms with Crippen molar-refractivity contribution in [3.63, 3.8) is 0 Å². The number of anilines is 1. The highest BCUT2D eigenvalue weighted by atomic mass is 16.2. The van der Waals surface area contributed by atoms with Crippen LogP contribution in [0.4, 0.5) is 5.69 Å². The molecule has 0 saturated carbocycles. The van der Waals surface area contributed by atoms with Crippen LogP contribution in [0.25, 0.3) is 0 Å². The maximum atomic E-state index is 12.7. The van der Waals surface area contributed by atoms with Crippen LogP contribution in [0, 0.1) is 17.2 Å². The molecule has 1 atom stereocenters. The van der Waals surface area contributed by atoms with Gasteiger partial charge in [-0.1, -0.05) is 12.1 Å². The number of para-hydroxylation sites is 1. The average molecular weight is 348 g/mol. The van der Waals surface area contributed by atoms with E-state index in [4.69, 9.17) is 0 Å². The number of likely N-dealkylation sites (N-methyl/N-ethyl adjacent to an activating group) is 1. The van der Waals surface area contributed by atoms with Crippen molar-refractivity contribution in [3.05, 3.63) is 59.9 Å². The molecular formula is C20H20N4O2. The minimum absolute atomic E-state index is 0.0376. The summed E-state index contributed by atoms with van der Waals surface area (Å²) in [7, 11) is 1.76. The summed E-state index contributed by atoms with van der Waals surface area (Å²) in [4.78, 5) is 32.3. The number of aromatic nitrogens is 1. The molecule has 6 heteroatoms.